The van der Waals surface area contributed by atoms with E-state index in [9.17, 15) is 4.79 Å². The largest absolute Gasteiger partial charge is 0.345 e. The minimum atomic E-state index is -0.348. The number of benzene rings is 2. The van der Waals surface area contributed by atoms with Crippen LogP contribution in [0.5, 0.6) is 0 Å². The number of aromatic amines is 1. The maximum Gasteiger partial charge on any atom is 0.345 e. The van der Waals surface area contributed by atoms with Gasteiger partial charge in [0.15, 0.2) is 0 Å². The molecular formula is C14H9ClN2O. The van der Waals surface area contributed by atoms with Crippen molar-refractivity contribution in [2.24, 2.45) is 0 Å². The second-order valence-corrected chi connectivity index (χ2v) is 4.38. The summed E-state index contributed by atoms with van der Waals surface area (Å²) in [5.41, 5.74) is 1.98. The van der Waals surface area contributed by atoms with Crippen LogP contribution in [0.4, 0.5) is 0 Å². The molecule has 0 aliphatic carbocycles. The van der Waals surface area contributed by atoms with Crippen molar-refractivity contribution in [3.63, 3.8) is 0 Å². The van der Waals surface area contributed by atoms with Crippen LogP contribution in [0.15, 0.2) is 53.3 Å². The minimum Gasteiger partial charge on any atom is -0.305 e. The summed E-state index contributed by atoms with van der Waals surface area (Å²) in [4.78, 5) is 18.3. The van der Waals surface area contributed by atoms with Crippen LogP contribution in [0.1, 0.15) is 0 Å². The molecule has 18 heavy (non-hydrogen) atoms. The fraction of sp³-hybridized carbons (Fsp3) is 0. The van der Waals surface area contributed by atoms with Gasteiger partial charge in [-0.1, -0.05) is 41.9 Å². The van der Waals surface area contributed by atoms with Crippen molar-refractivity contribution in [3.05, 3.63) is 64.0 Å². The molecule has 3 aromatic rings. The Hall–Kier alpha value is -2.13. The predicted octanol–water partition coefficient (Wildman–Crippen LogP) is 3.24. The third-order valence-electron chi connectivity index (χ3n) is 2.75. The smallest absolute Gasteiger partial charge is 0.305 e. The second-order valence-electron chi connectivity index (χ2n) is 3.94. The first-order valence-corrected chi connectivity index (χ1v) is 5.87. The Morgan fingerprint density at radius 3 is 2.50 bits per heavy atom. The van der Waals surface area contributed by atoms with Crippen molar-refractivity contribution in [2.45, 2.75) is 0 Å². The SMILES string of the molecule is O=c1nc(-c2ccc(Cl)cc2)c2ccccc2[nH]1. The van der Waals surface area contributed by atoms with Gasteiger partial charge < -0.3 is 4.98 Å². The zero-order chi connectivity index (χ0) is 12.5. The zero-order valence-corrected chi connectivity index (χ0v) is 10.1. The van der Waals surface area contributed by atoms with E-state index >= 15 is 0 Å². The van der Waals surface area contributed by atoms with Crippen LogP contribution in [-0.2, 0) is 0 Å². The summed E-state index contributed by atoms with van der Waals surface area (Å²) < 4.78 is 0. The molecule has 1 heterocycles. The molecule has 1 aromatic heterocycles. The van der Waals surface area contributed by atoms with Gasteiger partial charge in [0.25, 0.3) is 0 Å². The third-order valence-corrected chi connectivity index (χ3v) is 3.01. The van der Waals surface area contributed by atoms with E-state index in [0.29, 0.717) is 10.7 Å². The summed E-state index contributed by atoms with van der Waals surface area (Å²) in [5.74, 6) is 0. The first-order chi connectivity index (χ1) is 8.74. The van der Waals surface area contributed by atoms with Gasteiger partial charge in [-0.3, -0.25) is 0 Å². The van der Waals surface area contributed by atoms with Gasteiger partial charge in [-0.15, -0.1) is 0 Å². The maximum atomic E-state index is 11.6. The van der Waals surface area contributed by atoms with Crippen LogP contribution in [-0.4, -0.2) is 9.97 Å². The fourth-order valence-corrected chi connectivity index (χ4v) is 2.06. The number of aromatic nitrogens is 2. The molecule has 1 N–H and O–H groups in total. The number of H-pyrrole nitrogens is 1. The van der Waals surface area contributed by atoms with Crippen molar-refractivity contribution in [1.29, 1.82) is 0 Å². The zero-order valence-electron chi connectivity index (χ0n) is 9.35. The normalized spacial score (nSPS) is 10.7. The monoisotopic (exact) mass is 256 g/mol. The Bertz CT molecular complexity index is 763. The molecule has 0 unspecified atom stereocenters. The highest BCUT2D eigenvalue weighted by atomic mass is 35.5. The maximum absolute atomic E-state index is 11.6. The van der Waals surface area contributed by atoms with Crippen molar-refractivity contribution in [1.82, 2.24) is 9.97 Å². The van der Waals surface area contributed by atoms with Gasteiger partial charge in [0.1, 0.15) is 0 Å². The molecule has 0 spiro atoms. The standard InChI is InChI=1S/C14H9ClN2O/c15-10-7-5-9(6-8-10)13-11-3-1-2-4-12(11)16-14(18)17-13/h1-8H,(H,16,17,18). The van der Waals surface area contributed by atoms with Gasteiger partial charge in [-0.05, 0) is 18.2 Å². The van der Waals surface area contributed by atoms with Crippen LogP contribution >= 0.6 is 11.6 Å². The van der Waals surface area contributed by atoms with E-state index in [1.165, 1.54) is 0 Å². The summed E-state index contributed by atoms with van der Waals surface area (Å²) in [6, 6.07) is 14.9. The molecule has 0 fully saturated rings. The van der Waals surface area contributed by atoms with Crippen LogP contribution in [0, 0.1) is 0 Å². The molecule has 0 amide bonds. The molecule has 4 heteroatoms. The van der Waals surface area contributed by atoms with Crippen LogP contribution in [0.2, 0.25) is 5.02 Å². The number of halogens is 1. The molecular weight excluding hydrogens is 248 g/mol. The quantitative estimate of drug-likeness (QED) is 0.726. The lowest BCUT2D eigenvalue weighted by Crippen LogP contribution is -2.11. The Labute approximate surface area is 108 Å². The molecule has 3 rings (SSSR count). The molecule has 0 atom stereocenters. The summed E-state index contributed by atoms with van der Waals surface area (Å²) in [6.45, 7) is 0. The summed E-state index contributed by atoms with van der Waals surface area (Å²) >= 11 is 5.86. The Balaban J connectivity index is 2.34. The molecule has 0 bridgehead atoms. The molecule has 0 aliphatic rings. The fourth-order valence-electron chi connectivity index (χ4n) is 1.93. The van der Waals surface area contributed by atoms with Gasteiger partial charge in [0.05, 0.1) is 11.2 Å². The molecule has 0 radical (unpaired) electrons. The van der Waals surface area contributed by atoms with E-state index in [-0.39, 0.29) is 5.69 Å². The lowest BCUT2D eigenvalue weighted by Gasteiger charge is -2.05. The minimum absolute atomic E-state index is 0.348. The van der Waals surface area contributed by atoms with E-state index in [0.717, 1.165) is 16.5 Å². The van der Waals surface area contributed by atoms with Crippen molar-refractivity contribution in [2.75, 3.05) is 0 Å². The topological polar surface area (TPSA) is 45.8 Å². The number of nitrogens with zero attached hydrogens (tertiary/aromatic N) is 1. The van der Waals surface area contributed by atoms with Gasteiger partial charge >= 0.3 is 5.69 Å². The van der Waals surface area contributed by atoms with E-state index < -0.39 is 0 Å². The summed E-state index contributed by atoms with van der Waals surface area (Å²) in [7, 11) is 0. The molecule has 3 nitrogen and oxygen atoms in total. The van der Waals surface area contributed by atoms with Crippen LogP contribution < -0.4 is 5.69 Å². The number of nitrogens with one attached hydrogen (secondary N) is 1. The van der Waals surface area contributed by atoms with E-state index in [4.69, 9.17) is 11.6 Å². The first-order valence-electron chi connectivity index (χ1n) is 5.49. The highest BCUT2D eigenvalue weighted by molar-refractivity contribution is 6.30. The van der Waals surface area contributed by atoms with Crippen molar-refractivity contribution in [3.8, 4) is 11.3 Å². The number of para-hydroxylation sites is 1. The van der Waals surface area contributed by atoms with Gasteiger partial charge in [-0.2, -0.15) is 4.98 Å². The number of rotatable bonds is 1. The molecule has 0 saturated heterocycles. The molecule has 88 valence electrons. The number of hydrogen-bond donors (Lipinski definition) is 1. The molecule has 2 aromatic carbocycles. The van der Waals surface area contributed by atoms with Gasteiger partial charge in [-0.25, -0.2) is 4.79 Å². The van der Waals surface area contributed by atoms with E-state index in [1.807, 2.05) is 36.4 Å². The van der Waals surface area contributed by atoms with E-state index in [1.54, 1.807) is 12.1 Å². The number of fused-ring (bicyclic) bond motifs is 1. The second kappa shape index (κ2) is 4.27. The molecule has 0 aliphatic heterocycles. The predicted molar refractivity (Wildman–Crippen MR) is 72.8 cm³/mol. The van der Waals surface area contributed by atoms with E-state index in [2.05, 4.69) is 9.97 Å². The van der Waals surface area contributed by atoms with Crippen molar-refractivity contribution >= 4 is 22.5 Å². The van der Waals surface area contributed by atoms with Gasteiger partial charge in [0.2, 0.25) is 0 Å². The lowest BCUT2D eigenvalue weighted by atomic mass is 10.1. The Morgan fingerprint density at radius 2 is 1.72 bits per heavy atom. The van der Waals surface area contributed by atoms with Gasteiger partial charge in [0, 0.05) is 16.0 Å². The average Bonchev–Trinajstić information content (AvgIpc) is 2.38. The summed E-state index contributed by atoms with van der Waals surface area (Å²) in [6.07, 6.45) is 0. The average molecular weight is 257 g/mol. The Kier molecular flexibility index (Phi) is 2.61. The summed E-state index contributed by atoms with van der Waals surface area (Å²) in [5, 5.41) is 1.58. The van der Waals surface area contributed by atoms with Crippen LogP contribution in [0.25, 0.3) is 22.2 Å². The van der Waals surface area contributed by atoms with Crippen molar-refractivity contribution < 1.29 is 0 Å². The highest BCUT2D eigenvalue weighted by Gasteiger charge is 2.06. The lowest BCUT2D eigenvalue weighted by molar-refractivity contribution is 1.12. The first kappa shape index (κ1) is 11.0. The Morgan fingerprint density at radius 1 is 1.00 bits per heavy atom. The number of hydrogen-bond acceptors (Lipinski definition) is 2. The van der Waals surface area contributed by atoms with Crippen LogP contribution in [0.3, 0.4) is 0 Å². The third kappa shape index (κ3) is 1.89. The highest BCUT2D eigenvalue weighted by Crippen LogP contribution is 2.25. The molecule has 0 saturated carbocycles.